The smallest absolute Gasteiger partial charge is 0.272 e. The number of nitrogens with zero attached hydrogens (tertiary/aromatic N) is 1. The predicted octanol–water partition coefficient (Wildman–Crippen LogP) is 3.74. The van der Waals surface area contributed by atoms with Gasteiger partial charge in [0.1, 0.15) is 4.70 Å². The van der Waals surface area contributed by atoms with Gasteiger partial charge in [0, 0.05) is 36.2 Å². The molecule has 0 saturated carbocycles. The molecule has 1 amide bonds. The van der Waals surface area contributed by atoms with Gasteiger partial charge in [-0.2, -0.15) is 0 Å². The first-order valence-corrected chi connectivity index (χ1v) is 10.9. The average molecular weight is 418 g/mol. The topological polar surface area (TPSA) is 76.1 Å². The van der Waals surface area contributed by atoms with Crippen molar-refractivity contribution in [2.75, 3.05) is 13.2 Å². The molecular weight excluding hydrogens is 394 g/mol. The van der Waals surface area contributed by atoms with Gasteiger partial charge in [-0.15, -0.1) is 11.3 Å². The highest BCUT2D eigenvalue weighted by Gasteiger charge is 2.16. The van der Waals surface area contributed by atoms with Crippen LogP contribution < -0.4 is 10.9 Å². The van der Waals surface area contributed by atoms with Gasteiger partial charge in [0.2, 0.25) is 5.91 Å². The first-order valence-electron chi connectivity index (χ1n) is 9.66. The minimum Gasteiger partial charge on any atom is -0.376 e. The summed E-state index contributed by atoms with van der Waals surface area (Å²) in [5.74, 6) is 0.0352. The minimum absolute atomic E-state index is 0.0352. The number of amides is 1. The van der Waals surface area contributed by atoms with Gasteiger partial charge < -0.3 is 15.0 Å². The molecule has 0 radical (unpaired) electrons. The molecule has 1 fully saturated rings. The molecule has 1 unspecified atom stereocenters. The van der Waals surface area contributed by atoms with E-state index in [2.05, 4.69) is 10.3 Å². The van der Waals surface area contributed by atoms with E-state index in [1.54, 1.807) is 4.57 Å². The summed E-state index contributed by atoms with van der Waals surface area (Å²) in [4.78, 5) is 28.1. The molecule has 148 valence electrons. The third-order valence-electron chi connectivity index (χ3n) is 5.10. The van der Waals surface area contributed by atoms with Crippen molar-refractivity contribution >= 4 is 49.8 Å². The first kappa shape index (κ1) is 19.3. The predicted molar refractivity (Wildman–Crippen MR) is 115 cm³/mol. The molecule has 1 aliphatic heterocycles. The highest BCUT2D eigenvalue weighted by Crippen LogP contribution is 2.29. The van der Waals surface area contributed by atoms with Crippen LogP contribution in [0.15, 0.2) is 29.1 Å². The van der Waals surface area contributed by atoms with Gasteiger partial charge in [0.05, 0.1) is 11.6 Å². The van der Waals surface area contributed by atoms with Crippen LogP contribution in [0.3, 0.4) is 0 Å². The second-order valence-electron chi connectivity index (χ2n) is 7.09. The number of ether oxygens (including phenoxy) is 1. The molecule has 0 spiro atoms. The maximum absolute atomic E-state index is 12.9. The standard InChI is InChI=1S/C20H23N3O3S2/c24-16(21-12-13-6-5-11-26-13)9-3-4-10-23-19(25)18-17(22-20(23)27)14-7-1-2-8-15(14)28-18/h1-2,7-8,13H,3-6,9-12H2,(H,21,24)(H,22,27). The van der Waals surface area contributed by atoms with Gasteiger partial charge in [-0.25, -0.2) is 0 Å². The second-order valence-corrected chi connectivity index (χ2v) is 8.52. The molecule has 1 atom stereocenters. The molecular formula is C20H23N3O3S2. The summed E-state index contributed by atoms with van der Waals surface area (Å²) in [5.41, 5.74) is 0.767. The molecule has 1 aliphatic rings. The third kappa shape index (κ3) is 4.04. The van der Waals surface area contributed by atoms with Crippen molar-refractivity contribution in [3.05, 3.63) is 39.4 Å². The van der Waals surface area contributed by atoms with Crippen molar-refractivity contribution in [1.29, 1.82) is 0 Å². The molecule has 6 nitrogen and oxygen atoms in total. The van der Waals surface area contributed by atoms with Crippen LogP contribution in [0.5, 0.6) is 0 Å². The second kappa shape index (κ2) is 8.55. The Kier molecular flexibility index (Phi) is 5.89. The Hall–Kier alpha value is -2.03. The number of aromatic nitrogens is 2. The van der Waals surface area contributed by atoms with Gasteiger partial charge in [0.15, 0.2) is 4.77 Å². The fraction of sp³-hybridized carbons (Fsp3) is 0.450. The molecule has 2 aromatic heterocycles. The largest absolute Gasteiger partial charge is 0.376 e. The number of unbranched alkanes of at least 4 members (excludes halogenated alkanes) is 1. The monoisotopic (exact) mass is 417 g/mol. The number of H-pyrrole nitrogens is 1. The summed E-state index contributed by atoms with van der Waals surface area (Å²) in [6.07, 6.45) is 4.13. The Balaban J connectivity index is 1.37. The van der Waals surface area contributed by atoms with Crippen LogP contribution in [0, 0.1) is 4.77 Å². The third-order valence-corrected chi connectivity index (χ3v) is 6.58. The van der Waals surface area contributed by atoms with Crippen molar-refractivity contribution in [2.45, 2.75) is 44.8 Å². The van der Waals surface area contributed by atoms with Crippen molar-refractivity contribution in [3.8, 4) is 0 Å². The molecule has 1 saturated heterocycles. The molecule has 2 N–H and O–H groups in total. The molecule has 1 aromatic carbocycles. The zero-order chi connectivity index (χ0) is 19.5. The van der Waals surface area contributed by atoms with Crippen LogP contribution in [0.1, 0.15) is 32.1 Å². The van der Waals surface area contributed by atoms with Crippen molar-refractivity contribution in [2.24, 2.45) is 0 Å². The van der Waals surface area contributed by atoms with Crippen LogP contribution in [-0.4, -0.2) is 34.7 Å². The Morgan fingerprint density at radius 1 is 1.36 bits per heavy atom. The van der Waals surface area contributed by atoms with Crippen LogP contribution in [-0.2, 0) is 16.1 Å². The van der Waals surface area contributed by atoms with E-state index >= 15 is 0 Å². The Morgan fingerprint density at radius 3 is 3.04 bits per heavy atom. The van der Waals surface area contributed by atoms with Gasteiger partial charge >= 0.3 is 0 Å². The maximum Gasteiger partial charge on any atom is 0.272 e. The number of fused-ring (bicyclic) bond motifs is 3. The highest BCUT2D eigenvalue weighted by atomic mass is 32.1. The number of thiophene rings is 1. The summed E-state index contributed by atoms with van der Waals surface area (Å²) in [5, 5.41) is 3.96. The lowest BCUT2D eigenvalue weighted by atomic mass is 10.2. The lowest BCUT2D eigenvalue weighted by Crippen LogP contribution is -2.31. The van der Waals surface area contributed by atoms with E-state index < -0.39 is 0 Å². The number of benzene rings is 1. The fourth-order valence-electron chi connectivity index (χ4n) is 3.59. The molecule has 3 heterocycles. The Morgan fingerprint density at radius 2 is 2.21 bits per heavy atom. The molecule has 28 heavy (non-hydrogen) atoms. The summed E-state index contributed by atoms with van der Waals surface area (Å²) in [6, 6.07) is 7.93. The number of nitrogens with one attached hydrogen (secondary N) is 2. The number of aromatic amines is 1. The van der Waals surface area contributed by atoms with Crippen LogP contribution >= 0.6 is 23.6 Å². The van der Waals surface area contributed by atoms with E-state index in [0.29, 0.717) is 35.4 Å². The van der Waals surface area contributed by atoms with Gasteiger partial charge in [-0.3, -0.25) is 14.2 Å². The summed E-state index contributed by atoms with van der Waals surface area (Å²) >= 11 is 6.91. The number of carbonyl (C=O) groups is 1. The van der Waals surface area contributed by atoms with Crippen molar-refractivity contribution in [3.63, 3.8) is 0 Å². The molecule has 3 aromatic rings. The summed E-state index contributed by atoms with van der Waals surface area (Å²) < 4.78 is 9.31. The van der Waals surface area contributed by atoms with E-state index in [0.717, 1.165) is 41.5 Å². The van der Waals surface area contributed by atoms with E-state index in [1.165, 1.54) is 11.3 Å². The summed E-state index contributed by atoms with van der Waals surface area (Å²) in [6.45, 7) is 1.89. The Bertz CT molecular complexity index is 1110. The molecule has 4 rings (SSSR count). The van der Waals surface area contributed by atoms with Crippen LogP contribution in [0.2, 0.25) is 0 Å². The highest BCUT2D eigenvalue weighted by molar-refractivity contribution is 7.71. The number of rotatable bonds is 7. The Labute approximate surface area is 171 Å². The zero-order valence-corrected chi connectivity index (χ0v) is 17.2. The quantitative estimate of drug-likeness (QED) is 0.454. The average Bonchev–Trinajstić information content (AvgIpc) is 3.34. The van der Waals surface area contributed by atoms with E-state index in [1.807, 2.05) is 24.3 Å². The van der Waals surface area contributed by atoms with Crippen LogP contribution in [0.25, 0.3) is 20.3 Å². The van der Waals surface area contributed by atoms with Gasteiger partial charge in [-0.1, -0.05) is 18.2 Å². The van der Waals surface area contributed by atoms with E-state index in [4.69, 9.17) is 17.0 Å². The number of carbonyl (C=O) groups excluding carboxylic acids is 1. The SMILES string of the molecule is O=C(CCCCn1c(=S)[nH]c2c(sc3ccccc32)c1=O)NCC1CCCO1. The maximum atomic E-state index is 12.9. The zero-order valence-electron chi connectivity index (χ0n) is 15.5. The number of hydrogen-bond acceptors (Lipinski definition) is 5. The van der Waals surface area contributed by atoms with E-state index in [9.17, 15) is 9.59 Å². The molecule has 8 heteroatoms. The molecule has 0 aliphatic carbocycles. The lowest BCUT2D eigenvalue weighted by Gasteiger charge is -2.11. The number of hydrogen-bond donors (Lipinski definition) is 2. The van der Waals surface area contributed by atoms with E-state index in [-0.39, 0.29) is 17.6 Å². The van der Waals surface area contributed by atoms with Gasteiger partial charge in [-0.05, 0) is 44.0 Å². The van der Waals surface area contributed by atoms with Crippen molar-refractivity contribution in [1.82, 2.24) is 14.9 Å². The fourth-order valence-corrected chi connectivity index (χ4v) is 4.97. The first-order chi connectivity index (χ1) is 13.6. The van der Waals surface area contributed by atoms with Crippen molar-refractivity contribution < 1.29 is 9.53 Å². The minimum atomic E-state index is -0.0530. The van der Waals surface area contributed by atoms with Crippen LogP contribution in [0.4, 0.5) is 0 Å². The lowest BCUT2D eigenvalue weighted by molar-refractivity contribution is -0.121. The van der Waals surface area contributed by atoms with Gasteiger partial charge in [0.25, 0.3) is 5.56 Å². The summed E-state index contributed by atoms with van der Waals surface area (Å²) in [7, 11) is 0. The normalized spacial score (nSPS) is 16.8. The molecule has 0 bridgehead atoms.